The van der Waals surface area contributed by atoms with Gasteiger partial charge in [-0.25, -0.2) is 0 Å². The van der Waals surface area contributed by atoms with Crippen molar-refractivity contribution >= 4 is 5.78 Å². The summed E-state index contributed by atoms with van der Waals surface area (Å²) in [5.74, 6) is 6.14. The van der Waals surface area contributed by atoms with Gasteiger partial charge in [-0.15, -0.1) is 0 Å². The molecule has 8 N–H and O–H groups in total. The summed E-state index contributed by atoms with van der Waals surface area (Å²) < 4.78 is 0. The quantitative estimate of drug-likeness (QED) is 0.210. The van der Waals surface area contributed by atoms with Crippen LogP contribution in [0.4, 0.5) is 0 Å². The maximum Gasteiger partial charge on any atom is 0.126 e. The van der Waals surface area contributed by atoms with E-state index in [0.29, 0.717) is 49.3 Å². The average Bonchev–Trinajstić information content (AvgIpc) is 3.76. The van der Waals surface area contributed by atoms with Gasteiger partial charge in [-0.2, -0.15) is 0 Å². The molecule has 4 saturated carbocycles. The van der Waals surface area contributed by atoms with Crippen LogP contribution in [-0.4, -0.2) is 55.1 Å². The van der Waals surface area contributed by atoms with Crippen LogP contribution in [0.2, 0.25) is 0 Å². The molecular weight excluding hydrogens is 548 g/mol. The summed E-state index contributed by atoms with van der Waals surface area (Å²) in [4.78, 5) is 9.44. The van der Waals surface area contributed by atoms with Gasteiger partial charge in [0.2, 0.25) is 0 Å². The fourth-order valence-corrected chi connectivity index (χ4v) is 12.0. The highest BCUT2D eigenvalue weighted by atomic mass is 16.1. The zero-order valence-electron chi connectivity index (χ0n) is 27.5. The summed E-state index contributed by atoms with van der Waals surface area (Å²) in [6.07, 6.45) is 25.6. The lowest BCUT2D eigenvalue weighted by Gasteiger charge is -2.35. The van der Waals surface area contributed by atoms with Gasteiger partial charge in [0.1, 0.15) is 5.78 Å². The zero-order chi connectivity index (χ0) is 29.8. The summed E-state index contributed by atoms with van der Waals surface area (Å²) in [6.45, 7) is 3.06. The van der Waals surface area contributed by atoms with E-state index in [-0.39, 0.29) is 5.78 Å². The van der Waals surface area contributed by atoms with Gasteiger partial charge in [0.15, 0.2) is 0 Å². The number of ketones is 1. The van der Waals surface area contributed by atoms with Crippen molar-refractivity contribution in [1.82, 2.24) is 42.5 Å². The number of hydrogen-bond acceptors (Lipinski definition) is 9. The molecule has 5 aliphatic heterocycles. The molecule has 8 bridgehead atoms. The molecule has 0 aromatic carbocycles. The molecular formula is C35H62N8O. The summed E-state index contributed by atoms with van der Waals surface area (Å²) in [5, 5.41) is 33.8. The standard InChI is InChI=1S/C32H56N8.C3H6O/c1-2-10-18-17(9-1)25-33-26(18)38-28-21-13-5-6-14-22(21)30(35-28)40-32-24-16-8-7-15-23(24)31(36-32)39-29-20-12-4-3-11-19(20)27(34-29)37-25;1-3(2)4/h17-40H,1-16H2;1-2H3. The van der Waals surface area contributed by atoms with E-state index >= 15 is 0 Å². The monoisotopic (exact) mass is 611 g/mol. The Balaban J connectivity index is 0.000000684. The second kappa shape index (κ2) is 13.1. The summed E-state index contributed by atoms with van der Waals surface area (Å²) >= 11 is 0. The van der Waals surface area contributed by atoms with Gasteiger partial charge in [0, 0.05) is 0 Å². The number of Topliss-reactive ketones (excluding diaryl/α,β-unsaturated/α-hetero) is 1. The minimum absolute atomic E-state index is 0.167. The topological polar surface area (TPSA) is 113 Å². The van der Waals surface area contributed by atoms with E-state index in [4.69, 9.17) is 0 Å². The van der Waals surface area contributed by atoms with E-state index in [9.17, 15) is 4.79 Å². The van der Waals surface area contributed by atoms with E-state index in [1.807, 2.05) is 0 Å². The maximum atomic E-state index is 9.44. The number of fused-ring (bicyclic) bond motifs is 20. The molecule has 9 rings (SSSR count). The van der Waals surface area contributed by atoms with Gasteiger partial charge in [0.05, 0.1) is 49.3 Å². The Morgan fingerprint density at radius 2 is 0.432 bits per heavy atom. The molecule has 8 atom stereocenters. The van der Waals surface area contributed by atoms with Crippen LogP contribution < -0.4 is 42.5 Å². The Morgan fingerprint density at radius 3 is 0.545 bits per heavy atom. The third kappa shape index (κ3) is 5.84. The Hall–Kier alpha value is -0.650. The van der Waals surface area contributed by atoms with Crippen molar-refractivity contribution in [3.63, 3.8) is 0 Å². The third-order valence-electron chi connectivity index (χ3n) is 13.8. The minimum Gasteiger partial charge on any atom is -0.300 e. The largest absolute Gasteiger partial charge is 0.300 e. The normalized spacial score (nSPS) is 53.0. The highest BCUT2D eigenvalue weighted by molar-refractivity contribution is 5.72. The van der Waals surface area contributed by atoms with Gasteiger partial charge in [0.25, 0.3) is 0 Å². The Kier molecular flexibility index (Phi) is 9.13. The van der Waals surface area contributed by atoms with Gasteiger partial charge >= 0.3 is 0 Å². The van der Waals surface area contributed by atoms with Crippen LogP contribution in [0.25, 0.3) is 0 Å². The molecule has 5 heterocycles. The molecule has 0 radical (unpaired) electrons. The van der Waals surface area contributed by atoms with Crippen molar-refractivity contribution in [2.45, 2.75) is 166 Å². The number of carbonyl (C=O) groups is 1. The minimum atomic E-state index is 0.167. The van der Waals surface area contributed by atoms with Crippen LogP contribution in [0.1, 0.15) is 117 Å². The Bertz CT molecular complexity index is 801. The molecule has 0 aromatic heterocycles. The van der Waals surface area contributed by atoms with Gasteiger partial charge in [-0.1, -0.05) is 51.4 Å². The number of rotatable bonds is 0. The fourth-order valence-electron chi connectivity index (χ4n) is 12.0. The average molecular weight is 611 g/mol. The van der Waals surface area contributed by atoms with Crippen LogP contribution in [0, 0.1) is 47.3 Å². The summed E-state index contributed by atoms with van der Waals surface area (Å²) in [6, 6.07) is 0. The lowest BCUT2D eigenvalue weighted by Crippen LogP contribution is -2.61. The summed E-state index contributed by atoms with van der Waals surface area (Å²) in [5.41, 5.74) is 0. The molecule has 0 spiro atoms. The van der Waals surface area contributed by atoms with E-state index in [1.165, 1.54) is 117 Å². The van der Waals surface area contributed by atoms with Crippen molar-refractivity contribution in [3.8, 4) is 0 Å². The molecule has 9 heteroatoms. The van der Waals surface area contributed by atoms with Crippen molar-refractivity contribution in [3.05, 3.63) is 0 Å². The second-order valence-electron chi connectivity index (χ2n) is 16.5. The van der Waals surface area contributed by atoms with Crippen molar-refractivity contribution in [2.75, 3.05) is 0 Å². The van der Waals surface area contributed by atoms with Crippen LogP contribution in [0.3, 0.4) is 0 Å². The van der Waals surface area contributed by atoms with E-state index < -0.39 is 0 Å². The van der Waals surface area contributed by atoms with Gasteiger partial charge in [-0.05, 0) is 113 Å². The van der Waals surface area contributed by atoms with Crippen molar-refractivity contribution < 1.29 is 4.79 Å². The first kappa shape index (κ1) is 30.7. The number of hydrogen-bond donors (Lipinski definition) is 8. The third-order valence-corrected chi connectivity index (χ3v) is 13.8. The fraction of sp³-hybridized carbons (Fsp3) is 0.971. The van der Waals surface area contributed by atoms with Crippen LogP contribution in [0.15, 0.2) is 0 Å². The van der Waals surface area contributed by atoms with Crippen LogP contribution in [-0.2, 0) is 4.79 Å². The van der Waals surface area contributed by atoms with E-state index in [0.717, 1.165) is 47.3 Å². The van der Waals surface area contributed by atoms with E-state index in [1.54, 1.807) is 0 Å². The maximum absolute atomic E-state index is 9.44. The second-order valence-corrected chi connectivity index (χ2v) is 16.5. The lowest BCUT2D eigenvalue weighted by molar-refractivity contribution is -0.115. The predicted molar refractivity (Wildman–Crippen MR) is 174 cm³/mol. The molecule has 5 saturated heterocycles. The molecule has 44 heavy (non-hydrogen) atoms. The smallest absolute Gasteiger partial charge is 0.126 e. The molecule has 4 aliphatic carbocycles. The Labute approximate surface area is 266 Å². The molecule has 0 aromatic rings. The molecule has 9 nitrogen and oxygen atoms in total. The molecule has 9 aliphatic rings. The molecule has 9 fully saturated rings. The van der Waals surface area contributed by atoms with Crippen molar-refractivity contribution in [2.24, 2.45) is 47.3 Å². The van der Waals surface area contributed by atoms with Gasteiger partial charge < -0.3 is 4.79 Å². The first-order chi connectivity index (χ1) is 21.5. The summed E-state index contributed by atoms with van der Waals surface area (Å²) in [7, 11) is 0. The molecule has 248 valence electrons. The molecule has 8 unspecified atom stereocenters. The zero-order valence-corrected chi connectivity index (χ0v) is 27.5. The Morgan fingerprint density at radius 1 is 0.318 bits per heavy atom. The van der Waals surface area contributed by atoms with Crippen molar-refractivity contribution in [1.29, 1.82) is 0 Å². The highest BCUT2D eigenvalue weighted by Crippen LogP contribution is 2.45. The van der Waals surface area contributed by atoms with Gasteiger partial charge in [-0.3, -0.25) is 42.5 Å². The molecule has 0 amide bonds. The predicted octanol–water partition coefficient (Wildman–Crippen LogP) is 3.20. The lowest BCUT2D eigenvalue weighted by atomic mass is 9.76. The van der Waals surface area contributed by atoms with E-state index in [2.05, 4.69) is 42.5 Å². The number of carbonyl (C=O) groups excluding carboxylic acids is 1. The first-order valence-corrected chi connectivity index (χ1v) is 19.1. The van der Waals surface area contributed by atoms with Crippen LogP contribution in [0.5, 0.6) is 0 Å². The van der Waals surface area contributed by atoms with Crippen LogP contribution >= 0.6 is 0 Å². The SMILES string of the molecule is C1CCC2C3NC(NC4NC(NC5NC(NC6NC(N3)C3CCCCC63)C3CCCCC53)C3CCCCC43)C2C1.CC(C)=O. The highest BCUT2D eigenvalue weighted by Gasteiger charge is 2.54. The number of nitrogens with one attached hydrogen (secondary N) is 8. The first-order valence-electron chi connectivity index (χ1n) is 19.1.